The van der Waals surface area contributed by atoms with E-state index in [2.05, 4.69) is 0 Å². The van der Waals surface area contributed by atoms with Crippen molar-refractivity contribution in [2.24, 2.45) is 5.73 Å². The van der Waals surface area contributed by atoms with Gasteiger partial charge < -0.3 is 10.6 Å². The van der Waals surface area contributed by atoms with Crippen LogP contribution in [0.5, 0.6) is 0 Å². The Balaban J connectivity index is 2.08. The summed E-state index contributed by atoms with van der Waals surface area (Å²) in [5.74, 6) is -3.31. The molecular weight excluding hydrogens is 405 g/mol. The molecule has 0 fully saturated rings. The molecule has 0 aliphatic rings. The van der Waals surface area contributed by atoms with Crippen molar-refractivity contribution in [1.29, 1.82) is 0 Å². The van der Waals surface area contributed by atoms with Gasteiger partial charge in [0.1, 0.15) is 6.04 Å². The Hall–Kier alpha value is -2.55. The fourth-order valence-electron chi connectivity index (χ4n) is 2.93. The highest BCUT2D eigenvalue weighted by atomic mass is 32.2. The molecule has 0 saturated carbocycles. The van der Waals surface area contributed by atoms with Crippen molar-refractivity contribution in [2.45, 2.75) is 32.0 Å². The Morgan fingerprint density at radius 2 is 1.76 bits per heavy atom. The van der Waals surface area contributed by atoms with Crippen LogP contribution < -0.4 is 10.6 Å². The predicted octanol–water partition coefficient (Wildman–Crippen LogP) is 3.69. The van der Waals surface area contributed by atoms with Crippen LogP contribution in [0.4, 0.5) is 18.9 Å². The third-order valence-corrected chi connectivity index (χ3v) is 5.35. The highest BCUT2D eigenvalue weighted by molar-refractivity contribution is 7.99. The zero-order valence-electron chi connectivity index (χ0n) is 15.7. The molecular formula is C20H21F3N2O3S. The Labute approximate surface area is 170 Å². The molecule has 0 radical (unpaired) electrons. The van der Waals surface area contributed by atoms with Crippen molar-refractivity contribution in [1.82, 2.24) is 0 Å². The molecule has 29 heavy (non-hydrogen) atoms. The number of alkyl halides is 3. The van der Waals surface area contributed by atoms with Crippen molar-refractivity contribution in [3.05, 3.63) is 42.5 Å². The van der Waals surface area contributed by atoms with E-state index in [4.69, 9.17) is 5.73 Å². The minimum absolute atomic E-state index is 0.176. The summed E-state index contributed by atoms with van der Waals surface area (Å²) in [5.41, 5.74) is 6.02. The van der Waals surface area contributed by atoms with Crippen LogP contribution in [-0.2, 0) is 14.4 Å². The normalized spacial score (nSPS) is 12.6. The molecule has 2 aromatic carbocycles. The molecule has 9 heteroatoms. The average molecular weight is 426 g/mol. The van der Waals surface area contributed by atoms with Crippen LogP contribution in [-0.4, -0.2) is 41.3 Å². The minimum Gasteiger partial charge on any atom is -0.368 e. The summed E-state index contributed by atoms with van der Waals surface area (Å²) in [6.45, 7) is 1.32. The zero-order valence-corrected chi connectivity index (χ0v) is 16.6. The summed E-state index contributed by atoms with van der Waals surface area (Å²) < 4.78 is 36.7. The minimum atomic E-state index is -4.84. The lowest BCUT2D eigenvalue weighted by atomic mass is 10.1. The number of hydrogen-bond donors (Lipinski definition) is 1. The van der Waals surface area contributed by atoms with E-state index in [-0.39, 0.29) is 18.1 Å². The predicted molar refractivity (Wildman–Crippen MR) is 108 cm³/mol. The van der Waals surface area contributed by atoms with Crippen molar-refractivity contribution in [3.63, 3.8) is 0 Å². The molecule has 0 bridgehead atoms. The first-order valence-electron chi connectivity index (χ1n) is 8.87. The van der Waals surface area contributed by atoms with Gasteiger partial charge in [-0.25, -0.2) is 0 Å². The summed E-state index contributed by atoms with van der Waals surface area (Å²) in [7, 11) is 0. The van der Waals surface area contributed by atoms with E-state index >= 15 is 0 Å². The van der Waals surface area contributed by atoms with Crippen molar-refractivity contribution >= 4 is 45.8 Å². The zero-order chi connectivity index (χ0) is 21.6. The van der Waals surface area contributed by atoms with E-state index in [1.54, 1.807) is 12.1 Å². The first-order valence-corrected chi connectivity index (χ1v) is 10.0. The topological polar surface area (TPSA) is 80.5 Å². The number of nitrogens with two attached hydrogens (primary N) is 1. The van der Waals surface area contributed by atoms with Crippen LogP contribution in [0.1, 0.15) is 19.8 Å². The standard InChI is InChI=1S/C20H21F3N2O3S/c1-13(26)25(16-9-8-14-5-2-3-6-15(14)11-16)17(19(24)28)7-4-10-29-12-18(27)20(21,22)23/h2-3,5-6,8-9,11,17H,4,7,10,12H2,1H3,(H2,24,28)/t17-/m0/s1. The Morgan fingerprint density at radius 3 is 2.34 bits per heavy atom. The van der Waals surface area contributed by atoms with Gasteiger partial charge in [0.15, 0.2) is 0 Å². The molecule has 2 aromatic rings. The highest BCUT2D eigenvalue weighted by Gasteiger charge is 2.37. The van der Waals surface area contributed by atoms with Gasteiger partial charge in [-0.2, -0.15) is 24.9 Å². The van der Waals surface area contributed by atoms with Crippen LogP contribution in [0.25, 0.3) is 10.8 Å². The van der Waals surface area contributed by atoms with Gasteiger partial charge in [0.2, 0.25) is 17.6 Å². The van der Waals surface area contributed by atoms with E-state index in [1.165, 1.54) is 11.8 Å². The van der Waals surface area contributed by atoms with Crippen LogP contribution in [0.3, 0.4) is 0 Å². The van der Waals surface area contributed by atoms with E-state index in [0.717, 1.165) is 22.5 Å². The van der Waals surface area contributed by atoms with Crippen molar-refractivity contribution in [3.8, 4) is 0 Å². The molecule has 1 atom stereocenters. The van der Waals surface area contributed by atoms with Gasteiger partial charge in [0.05, 0.1) is 5.75 Å². The lowest BCUT2D eigenvalue weighted by molar-refractivity contribution is -0.167. The molecule has 2 amide bonds. The SMILES string of the molecule is CC(=O)N(c1ccc2ccccc2c1)[C@@H](CCCSCC(=O)C(F)(F)F)C(N)=O. The number of carbonyl (C=O) groups is 3. The largest absolute Gasteiger partial charge is 0.450 e. The Morgan fingerprint density at radius 1 is 1.10 bits per heavy atom. The van der Waals surface area contributed by atoms with Gasteiger partial charge in [0, 0.05) is 12.6 Å². The third kappa shape index (κ3) is 6.22. The number of Topliss-reactive ketones (excluding diaryl/α,β-unsaturated/α-hetero) is 1. The summed E-state index contributed by atoms with van der Waals surface area (Å²) in [6.07, 6.45) is -4.35. The maximum atomic E-state index is 12.3. The Kier molecular flexibility index (Phi) is 7.66. The lowest BCUT2D eigenvalue weighted by Crippen LogP contribution is -2.47. The fraction of sp³-hybridized carbons (Fsp3) is 0.350. The van der Waals surface area contributed by atoms with Gasteiger partial charge in [-0.05, 0) is 41.5 Å². The number of ketones is 1. The van der Waals surface area contributed by atoms with Gasteiger partial charge in [-0.1, -0.05) is 30.3 Å². The number of thioether (sulfide) groups is 1. The molecule has 0 saturated heterocycles. The molecule has 0 unspecified atom stereocenters. The van der Waals surface area contributed by atoms with Crippen LogP contribution in [0, 0.1) is 0 Å². The van der Waals surface area contributed by atoms with Crippen molar-refractivity contribution in [2.75, 3.05) is 16.4 Å². The molecule has 2 rings (SSSR count). The van der Waals surface area contributed by atoms with Crippen LogP contribution in [0.15, 0.2) is 42.5 Å². The average Bonchev–Trinajstić information content (AvgIpc) is 2.65. The number of nitrogens with zero attached hydrogens (tertiary/aromatic N) is 1. The number of fused-ring (bicyclic) bond motifs is 1. The van der Waals surface area contributed by atoms with Crippen LogP contribution in [0.2, 0.25) is 0 Å². The lowest BCUT2D eigenvalue weighted by Gasteiger charge is -2.29. The number of benzene rings is 2. The second-order valence-electron chi connectivity index (χ2n) is 6.45. The quantitative estimate of drug-likeness (QED) is 0.620. The summed E-state index contributed by atoms with van der Waals surface area (Å²) in [5, 5.41) is 1.86. The Bertz CT molecular complexity index is 902. The van der Waals surface area contributed by atoms with E-state index < -0.39 is 29.7 Å². The number of primary amides is 1. The summed E-state index contributed by atoms with van der Waals surface area (Å²) in [4.78, 5) is 36.5. The first-order chi connectivity index (χ1) is 13.6. The van der Waals surface area contributed by atoms with Gasteiger partial charge >= 0.3 is 6.18 Å². The highest BCUT2D eigenvalue weighted by Crippen LogP contribution is 2.26. The molecule has 5 nitrogen and oxygen atoms in total. The smallest absolute Gasteiger partial charge is 0.368 e. The maximum Gasteiger partial charge on any atom is 0.450 e. The first kappa shape index (κ1) is 22.7. The number of amides is 2. The third-order valence-electron chi connectivity index (χ3n) is 4.31. The summed E-state index contributed by atoms with van der Waals surface area (Å²) in [6, 6.07) is 11.9. The fourth-order valence-corrected chi connectivity index (χ4v) is 3.80. The number of anilines is 1. The van der Waals surface area contributed by atoms with Gasteiger partial charge in [0.25, 0.3) is 0 Å². The summed E-state index contributed by atoms with van der Waals surface area (Å²) >= 11 is 0.835. The van der Waals surface area contributed by atoms with E-state index in [1.807, 2.05) is 30.3 Å². The molecule has 0 spiro atoms. The van der Waals surface area contributed by atoms with E-state index in [9.17, 15) is 27.6 Å². The molecule has 0 aliphatic carbocycles. The number of carbonyl (C=O) groups excluding carboxylic acids is 3. The number of hydrogen-bond acceptors (Lipinski definition) is 4. The van der Waals surface area contributed by atoms with Crippen LogP contribution >= 0.6 is 11.8 Å². The van der Waals surface area contributed by atoms with Gasteiger partial charge in [-0.3, -0.25) is 14.4 Å². The maximum absolute atomic E-state index is 12.3. The number of halogens is 3. The number of rotatable bonds is 9. The molecule has 0 aromatic heterocycles. The van der Waals surface area contributed by atoms with Gasteiger partial charge in [-0.15, -0.1) is 0 Å². The molecule has 156 valence electrons. The molecule has 2 N–H and O–H groups in total. The second kappa shape index (κ2) is 9.78. The van der Waals surface area contributed by atoms with E-state index in [0.29, 0.717) is 12.1 Å². The van der Waals surface area contributed by atoms with Crippen molar-refractivity contribution < 1.29 is 27.6 Å². The monoisotopic (exact) mass is 426 g/mol. The molecule has 0 aliphatic heterocycles. The molecule has 0 heterocycles. The second-order valence-corrected chi connectivity index (χ2v) is 7.56.